The van der Waals surface area contributed by atoms with E-state index in [-0.39, 0.29) is 17.0 Å². The number of rotatable bonds is 6. The van der Waals surface area contributed by atoms with Gasteiger partial charge in [0.15, 0.2) is 0 Å². The van der Waals surface area contributed by atoms with Gasteiger partial charge in [0.1, 0.15) is 5.76 Å². The molecule has 0 bridgehead atoms. The van der Waals surface area contributed by atoms with E-state index in [0.717, 1.165) is 0 Å². The minimum Gasteiger partial charge on any atom is -0.468 e. The third kappa shape index (κ3) is 3.32. The molecule has 112 valence electrons. The lowest BCUT2D eigenvalue weighted by molar-refractivity contribution is 0.1000. The Morgan fingerprint density at radius 2 is 1.90 bits per heavy atom. The smallest absolute Gasteiger partial charge is 0.248 e. The molecule has 0 fully saturated rings. The van der Waals surface area contributed by atoms with Crippen LogP contribution in [-0.2, 0) is 16.6 Å². The van der Waals surface area contributed by atoms with Crippen molar-refractivity contribution in [2.24, 2.45) is 5.73 Å². The molecule has 0 unspecified atom stereocenters. The Morgan fingerprint density at radius 1 is 1.24 bits per heavy atom. The van der Waals surface area contributed by atoms with Crippen molar-refractivity contribution >= 4 is 15.9 Å². The Kier molecular flexibility index (Phi) is 4.44. The van der Waals surface area contributed by atoms with Crippen LogP contribution < -0.4 is 5.73 Å². The first-order valence-corrected chi connectivity index (χ1v) is 7.81. The molecule has 0 aliphatic carbocycles. The van der Waals surface area contributed by atoms with Crippen LogP contribution in [0.15, 0.2) is 52.0 Å². The van der Waals surface area contributed by atoms with E-state index in [4.69, 9.17) is 10.2 Å². The number of sulfonamides is 1. The molecule has 2 N–H and O–H groups in total. The zero-order chi connectivity index (χ0) is 15.5. The molecule has 0 aliphatic heterocycles. The van der Waals surface area contributed by atoms with Gasteiger partial charge < -0.3 is 10.2 Å². The molecule has 0 radical (unpaired) electrons. The fraction of sp³-hybridized carbons (Fsp3) is 0.214. The average molecular weight is 308 g/mol. The number of carbonyl (C=O) groups is 1. The highest BCUT2D eigenvalue weighted by Gasteiger charge is 2.24. The van der Waals surface area contributed by atoms with Crippen LogP contribution in [0.25, 0.3) is 0 Å². The summed E-state index contributed by atoms with van der Waals surface area (Å²) in [6.07, 6.45) is 1.50. The van der Waals surface area contributed by atoms with Crippen LogP contribution in [0.4, 0.5) is 0 Å². The molecule has 0 spiro atoms. The molecule has 21 heavy (non-hydrogen) atoms. The molecule has 7 heteroatoms. The van der Waals surface area contributed by atoms with Crippen molar-refractivity contribution in [2.45, 2.75) is 18.4 Å². The second-order valence-corrected chi connectivity index (χ2v) is 6.34. The molecule has 1 amide bonds. The maximum atomic E-state index is 12.5. The van der Waals surface area contributed by atoms with E-state index < -0.39 is 15.9 Å². The number of primary amides is 1. The maximum Gasteiger partial charge on any atom is 0.248 e. The number of hydrogen-bond donors (Lipinski definition) is 1. The number of hydrogen-bond acceptors (Lipinski definition) is 4. The Balaban J connectivity index is 2.28. The highest BCUT2D eigenvalue weighted by atomic mass is 32.2. The zero-order valence-electron chi connectivity index (χ0n) is 11.5. The van der Waals surface area contributed by atoms with Gasteiger partial charge in [0.25, 0.3) is 0 Å². The Hall–Kier alpha value is -2.12. The number of nitrogens with two attached hydrogens (primary N) is 1. The predicted molar refractivity (Wildman–Crippen MR) is 76.9 cm³/mol. The Morgan fingerprint density at radius 3 is 2.38 bits per heavy atom. The maximum absolute atomic E-state index is 12.5. The standard InChI is InChI=1S/C14H16N2O4S/c1-2-16(10-12-4-3-9-20-12)21(18,19)13-7-5-11(6-8-13)14(15)17/h3-9H,2,10H2,1H3,(H2,15,17). The number of amides is 1. The van der Waals surface area contributed by atoms with Crippen LogP contribution >= 0.6 is 0 Å². The first kappa shape index (κ1) is 15.3. The van der Waals surface area contributed by atoms with E-state index in [0.29, 0.717) is 12.3 Å². The highest BCUT2D eigenvalue weighted by Crippen LogP contribution is 2.19. The number of benzene rings is 1. The van der Waals surface area contributed by atoms with Crippen molar-refractivity contribution in [3.8, 4) is 0 Å². The first-order valence-electron chi connectivity index (χ1n) is 6.37. The molecule has 6 nitrogen and oxygen atoms in total. The Labute approximate surface area is 123 Å². The van der Waals surface area contributed by atoms with Gasteiger partial charge in [0.2, 0.25) is 15.9 Å². The van der Waals surface area contributed by atoms with Gasteiger partial charge in [-0.05, 0) is 36.4 Å². The first-order chi connectivity index (χ1) is 9.95. The van der Waals surface area contributed by atoms with Crippen LogP contribution in [0, 0.1) is 0 Å². The highest BCUT2D eigenvalue weighted by molar-refractivity contribution is 7.89. The summed E-state index contributed by atoms with van der Waals surface area (Å²) in [5, 5.41) is 0. The zero-order valence-corrected chi connectivity index (χ0v) is 12.3. The van der Waals surface area contributed by atoms with Gasteiger partial charge in [-0.2, -0.15) is 4.31 Å². The molecule has 2 aromatic rings. The van der Waals surface area contributed by atoms with Gasteiger partial charge in [-0.25, -0.2) is 8.42 Å². The Bertz CT molecular complexity index is 706. The van der Waals surface area contributed by atoms with E-state index >= 15 is 0 Å². The van der Waals surface area contributed by atoms with Crippen molar-refractivity contribution in [1.82, 2.24) is 4.31 Å². The fourth-order valence-corrected chi connectivity index (χ4v) is 3.30. The predicted octanol–water partition coefficient (Wildman–Crippen LogP) is 1.59. The summed E-state index contributed by atoms with van der Waals surface area (Å²) in [6.45, 7) is 2.21. The molecule has 0 saturated carbocycles. The summed E-state index contributed by atoms with van der Waals surface area (Å²) in [6, 6.07) is 8.97. The van der Waals surface area contributed by atoms with E-state index in [2.05, 4.69) is 0 Å². The molecule has 1 aromatic carbocycles. The molecule has 1 heterocycles. The molecule has 2 rings (SSSR count). The summed E-state index contributed by atoms with van der Waals surface area (Å²) in [5.74, 6) is -0.0314. The van der Waals surface area contributed by atoms with E-state index in [1.54, 1.807) is 19.1 Å². The summed E-state index contributed by atoms with van der Waals surface area (Å²) < 4.78 is 31.6. The SMILES string of the molecule is CCN(Cc1ccco1)S(=O)(=O)c1ccc(C(N)=O)cc1. The number of carbonyl (C=O) groups excluding carboxylic acids is 1. The van der Waals surface area contributed by atoms with Crippen LogP contribution in [-0.4, -0.2) is 25.2 Å². The van der Waals surface area contributed by atoms with Crippen molar-refractivity contribution in [3.63, 3.8) is 0 Å². The third-order valence-corrected chi connectivity index (χ3v) is 4.98. The summed E-state index contributed by atoms with van der Waals surface area (Å²) in [5.41, 5.74) is 5.40. The van der Waals surface area contributed by atoms with Crippen LogP contribution in [0.5, 0.6) is 0 Å². The summed E-state index contributed by atoms with van der Waals surface area (Å²) in [4.78, 5) is 11.1. The van der Waals surface area contributed by atoms with Crippen LogP contribution in [0.3, 0.4) is 0 Å². The lowest BCUT2D eigenvalue weighted by Gasteiger charge is -2.19. The lowest BCUT2D eigenvalue weighted by Crippen LogP contribution is -2.30. The average Bonchev–Trinajstić information content (AvgIpc) is 2.97. The molecule has 0 atom stereocenters. The summed E-state index contributed by atoms with van der Waals surface area (Å²) >= 11 is 0. The van der Waals surface area contributed by atoms with Crippen LogP contribution in [0.1, 0.15) is 23.0 Å². The van der Waals surface area contributed by atoms with Crippen LogP contribution in [0.2, 0.25) is 0 Å². The van der Waals surface area contributed by atoms with Gasteiger partial charge in [-0.15, -0.1) is 0 Å². The van der Waals surface area contributed by atoms with Crippen molar-refractivity contribution in [1.29, 1.82) is 0 Å². The molecule has 0 aliphatic rings. The second kappa shape index (κ2) is 6.11. The van der Waals surface area contributed by atoms with Gasteiger partial charge >= 0.3 is 0 Å². The van der Waals surface area contributed by atoms with Gasteiger partial charge in [-0.3, -0.25) is 4.79 Å². The monoisotopic (exact) mass is 308 g/mol. The molecular weight excluding hydrogens is 292 g/mol. The van der Waals surface area contributed by atoms with Gasteiger partial charge in [0.05, 0.1) is 17.7 Å². The fourth-order valence-electron chi connectivity index (χ4n) is 1.88. The third-order valence-electron chi connectivity index (χ3n) is 3.04. The van der Waals surface area contributed by atoms with E-state index in [1.807, 2.05) is 0 Å². The number of furan rings is 1. The number of nitrogens with zero attached hydrogens (tertiary/aromatic N) is 1. The van der Waals surface area contributed by atoms with Gasteiger partial charge in [-0.1, -0.05) is 6.92 Å². The van der Waals surface area contributed by atoms with E-state index in [9.17, 15) is 13.2 Å². The summed E-state index contributed by atoms with van der Waals surface area (Å²) in [7, 11) is -3.65. The second-order valence-electron chi connectivity index (χ2n) is 4.40. The topological polar surface area (TPSA) is 93.6 Å². The molecule has 1 aromatic heterocycles. The van der Waals surface area contributed by atoms with Gasteiger partial charge in [0, 0.05) is 12.1 Å². The van der Waals surface area contributed by atoms with Crippen molar-refractivity contribution in [3.05, 3.63) is 54.0 Å². The minimum absolute atomic E-state index is 0.112. The quantitative estimate of drug-likeness (QED) is 0.877. The van der Waals surface area contributed by atoms with E-state index in [1.165, 1.54) is 34.8 Å². The minimum atomic E-state index is -3.65. The van der Waals surface area contributed by atoms with Crippen molar-refractivity contribution < 1.29 is 17.6 Å². The largest absolute Gasteiger partial charge is 0.468 e. The van der Waals surface area contributed by atoms with Crippen molar-refractivity contribution in [2.75, 3.05) is 6.54 Å². The molecular formula is C14H16N2O4S. The normalized spacial score (nSPS) is 11.7. The molecule has 0 saturated heterocycles. The lowest BCUT2D eigenvalue weighted by atomic mass is 10.2.